The second-order valence-electron chi connectivity index (χ2n) is 6.87. The fraction of sp³-hybridized carbons (Fsp3) is 0.562. The summed E-state index contributed by atoms with van der Waals surface area (Å²) in [6, 6.07) is 0. The van der Waals surface area contributed by atoms with Gasteiger partial charge < -0.3 is 10.1 Å². The van der Waals surface area contributed by atoms with Crippen molar-refractivity contribution in [3.05, 3.63) is 26.7 Å². The number of aryl methyl sites for hydroxylation is 1. The summed E-state index contributed by atoms with van der Waals surface area (Å²) in [7, 11) is 4.43. The number of carbonyl (C=O) groups is 1. The van der Waals surface area contributed by atoms with Crippen LogP contribution in [0.4, 0.5) is 0 Å². The van der Waals surface area contributed by atoms with Crippen molar-refractivity contribution in [1.82, 2.24) is 24.4 Å². The summed E-state index contributed by atoms with van der Waals surface area (Å²) < 4.78 is 7.35. The van der Waals surface area contributed by atoms with Gasteiger partial charge in [-0.2, -0.15) is 0 Å². The quantitative estimate of drug-likeness (QED) is 0.581. The van der Waals surface area contributed by atoms with Gasteiger partial charge in [0.05, 0.1) is 5.75 Å². The highest BCUT2D eigenvalue weighted by atomic mass is 32.2. The number of nitrogens with zero attached hydrogens (tertiary/aromatic N) is 4. The second kappa shape index (κ2) is 7.58. The molecule has 0 aliphatic carbocycles. The molecule has 26 heavy (non-hydrogen) atoms. The first kappa shape index (κ1) is 20.1. The Morgan fingerprint density at radius 2 is 1.85 bits per heavy atom. The lowest BCUT2D eigenvalue weighted by molar-refractivity contribution is -0.119. The van der Waals surface area contributed by atoms with E-state index in [0.717, 1.165) is 16.3 Å². The van der Waals surface area contributed by atoms with Crippen LogP contribution in [0.25, 0.3) is 11.0 Å². The van der Waals surface area contributed by atoms with E-state index < -0.39 is 11.2 Å². The predicted molar refractivity (Wildman–Crippen MR) is 99.4 cm³/mol. The van der Waals surface area contributed by atoms with E-state index in [0.29, 0.717) is 10.9 Å². The van der Waals surface area contributed by atoms with E-state index in [1.54, 1.807) is 0 Å². The van der Waals surface area contributed by atoms with Gasteiger partial charge in [0.1, 0.15) is 17.0 Å². The Morgan fingerprint density at radius 1 is 1.19 bits per heavy atom. The van der Waals surface area contributed by atoms with E-state index in [4.69, 9.17) is 4.74 Å². The summed E-state index contributed by atoms with van der Waals surface area (Å²) in [4.78, 5) is 45.5. The number of rotatable bonds is 5. The summed E-state index contributed by atoms with van der Waals surface area (Å²) in [5, 5.41) is 3.42. The Labute approximate surface area is 154 Å². The van der Waals surface area contributed by atoms with Crippen LogP contribution >= 0.6 is 11.8 Å². The monoisotopic (exact) mass is 381 g/mol. The highest BCUT2D eigenvalue weighted by Gasteiger charge is 2.19. The van der Waals surface area contributed by atoms with E-state index >= 15 is 0 Å². The zero-order chi connectivity index (χ0) is 19.6. The fourth-order valence-corrected chi connectivity index (χ4v) is 3.19. The highest BCUT2D eigenvalue weighted by Crippen LogP contribution is 2.22. The minimum Gasteiger partial charge on any atom is -0.377 e. The minimum absolute atomic E-state index is 0.0851. The second-order valence-corrected chi connectivity index (χ2v) is 7.83. The molecule has 1 N–H and O–H groups in total. The van der Waals surface area contributed by atoms with Crippen LogP contribution in [0.3, 0.4) is 0 Å². The SMILES string of the molecule is COCc1nc(SCC(=O)NC(C)(C)C)c2c(=O)n(C)c(=O)n(C)c2n1. The first-order valence-electron chi connectivity index (χ1n) is 7.94. The van der Waals surface area contributed by atoms with Crippen molar-refractivity contribution in [2.45, 2.75) is 37.9 Å². The highest BCUT2D eigenvalue weighted by molar-refractivity contribution is 8.00. The molecule has 0 saturated carbocycles. The van der Waals surface area contributed by atoms with Crippen molar-refractivity contribution in [2.24, 2.45) is 14.1 Å². The molecule has 0 aliphatic heterocycles. The number of thioether (sulfide) groups is 1. The number of amides is 1. The van der Waals surface area contributed by atoms with E-state index in [9.17, 15) is 14.4 Å². The molecule has 0 aliphatic rings. The van der Waals surface area contributed by atoms with Crippen LogP contribution in [0.5, 0.6) is 0 Å². The van der Waals surface area contributed by atoms with Gasteiger partial charge in [0.15, 0.2) is 11.5 Å². The molecule has 0 radical (unpaired) electrons. The lowest BCUT2D eigenvalue weighted by Gasteiger charge is -2.20. The number of hydrogen-bond acceptors (Lipinski definition) is 7. The van der Waals surface area contributed by atoms with Gasteiger partial charge in [-0.25, -0.2) is 14.8 Å². The maximum Gasteiger partial charge on any atom is 0.332 e. The van der Waals surface area contributed by atoms with Crippen LogP contribution in [0, 0.1) is 0 Å². The van der Waals surface area contributed by atoms with Gasteiger partial charge in [-0.3, -0.25) is 18.7 Å². The van der Waals surface area contributed by atoms with Gasteiger partial charge in [0, 0.05) is 26.7 Å². The van der Waals surface area contributed by atoms with Crippen LogP contribution in [-0.4, -0.2) is 43.4 Å². The summed E-state index contributed by atoms with van der Waals surface area (Å²) in [5.74, 6) is 0.244. The number of ether oxygens (including phenoxy) is 1. The van der Waals surface area contributed by atoms with Gasteiger partial charge in [-0.1, -0.05) is 11.8 Å². The third-order valence-electron chi connectivity index (χ3n) is 3.44. The van der Waals surface area contributed by atoms with Crippen molar-refractivity contribution in [3.63, 3.8) is 0 Å². The maximum atomic E-state index is 12.6. The van der Waals surface area contributed by atoms with Gasteiger partial charge in [0.2, 0.25) is 5.91 Å². The van der Waals surface area contributed by atoms with Crippen LogP contribution in [0.1, 0.15) is 26.6 Å². The van der Waals surface area contributed by atoms with Crippen LogP contribution in [-0.2, 0) is 30.2 Å². The molecule has 142 valence electrons. The molecular weight excluding hydrogens is 358 g/mol. The fourth-order valence-electron chi connectivity index (χ4n) is 2.36. The Morgan fingerprint density at radius 3 is 2.42 bits per heavy atom. The number of nitrogens with one attached hydrogen (secondary N) is 1. The van der Waals surface area contributed by atoms with Crippen molar-refractivity contribution in [1.29, 1.82) is 0 Å². The number of hydrogen-bond donors (Lipinski definition) is 1. The number of methoxy groups -OCH3 is 1. The third kappa shape index (κ3) is 4.31. The van der Waals surface area contributed by atoms with E-state index in [1.165, 1.54) is 25.8 Å². The van der Waals surface area contributed by atoms with Crippen molar-refractivity contribution >= 4 is 28.7 Å². The number of carbonyl (C=O) groups excluding carboxylic acids is 1. The standard InChI is InChI=1S/C16H23N5O4S/c1-16(2,3)19-10(22)8-26-13-11-12(17-9(18-13)7-25-6)20(4)15(24)21(5)14(11)23/h7-8H2,1-6H3,(H,19,22). The third-order valence-corrected chi connectivity index (χ3v) is 4.42. The Kier molecular flexibility index (Phi) is 5.87. The molecule has 2 aromatic rings. The zero-order valence-electron chi connectivity index (χ0n) is 15.7. The van der Waals surface area contributed by atoms with Crippen LogP contribution < -0.4 is 16.6 Å². The molecule has 0 saturated heterocycles. The average Bonchev–Trinajstić information content (AvgIpc) is 2.54. The van der Waals surface area contributed by atoms with E-state index in [-0.39, 0.29) is 34.8 Å². The Balaban J connectivity index is 2.55. The summed E-state index contributed by atoms with van der Waals surface area (Å²) in [5.41, 5.74) is -1.11. The summed E-state index contributed by atoms with van der Waals surface area (Å²) in [6.45, 7) is 5.79. The molecule has 2 rings (SSSR count). The van der Waals surface area contributed by atoms with E-state index in [2.05, 4.69) is 15.3 Å². The molecule has 0 fully saturated rings. The van der Waals surface area contributed by atoms with Gasteiger partial charge in [-0.05, 0) is 20.8 Å². The molecule has 2 heterocycles. The summed E-state index contributed by atoms with van der Waals surface area (Å²) >= 11 is 1.13. The Hall–Kier alpha value is -2.20. The normalized spacial score (nSPS) is 11.8. The molecule has 10 heteroatoms. The molecule has 0 unspecified atom stereocenters. The maximum absolute atomic E-state index is 12.6. The Bertz CT molecular complexity index is 958. The molecule has 9 nitrogen and oxygen atoms in total. The smallest absolute Gasteiger partial charge is 0.332 e. The van der Waals surface area contributed by atoms with Gasteiger partial charge in [0.25, 0.3) is 5.56 Å². The molecule has 1 amide bonds. The van der Waals surface area contributed by atoms with Gasteiger partial charge >= 0.3 is 5.69 Å². The zero-order valence-corrected chi connectivity index (χ0v) is 16.6. The van der Waals surface area contributed by atoms with E-state index in [1.807, 2.05) is 20.8 Å². The largest absolute Gasteiger partial charge is 0.377 e. The number of aromatic nitrogens is 4. The van der Waals surface area contributed by atoms with Crippen LogP contribution in [0.15, 0.2) is 14.6 Å². The molecule has 0 atom stereocenters. The van der Waals surface area contributed by atoms with Gasteiger partial charge in [-0.15, -0.1) is 0 Å². The summed E-state index contributed by atoms with van der Waals surface area (Å²) in [6.07, 6.45) is 0. The lowest BCUT2D eigenvalue weighted by atomic mass is 10.1. The first-order chi connectivity index (χ1) is 12.0. The molecular formula is C16H23N5O4S. The van der Waals surface area contributed by atoms with Crippen molar-refractivity contribution in [2.75, 3.05) is 12.9 Å². The van der Waals surface area contributed by atoms with Crippen LogP contribution in [0.2, 0.25) is 0 Å². The molecule has 0 bridgehead atoms. The minimum atomic E-state index is -0.495. The number of fused-ring (bicyclic) bond motifs is 1. The molecule has 0 aromatic carbocycles. The van der Waals surface area contributed by atoms with Crippen molar-refractivity contribution in [3.8, 4) is 0 Å². The average molecular weight is 381 g/mol. The molecule has 2 aromatic heterocycles. The lowest BCUT2D eigenvalue weighted by Crippen LogP contribution is -2.41. The predicted octanol–water partition coefficient (Wildman–Crippen LogP) is 0.180. The topological polar surface area (TPSA) is 108 Å². The molecule has 0 spiro atoms. The van der Waals surface area contributed by atoms with Crippen molar-refractivity contribution < 1.29 is 9.53 Å². The first-order valence-corrected chi connectivity index (χ1v) is 8.93.